The van der Waals surface area contributed by atoms with Gasteiger partial charge in [-0.1, -0.05) is 32.4 Å². The lowest BCUT2D eigenvalue weighted by atomic mass is 9.88. The fourth-order valence-electron chi connectivity index (χ4n) is 4.10. The number of amides is 1. The van der Waals surface area contributed by atoms with E-state index >= 15 is 0 Å². The number of aliphatic hydroxyl groups is 2. The van der Waals surface area contributed by atoms with Gasteiger partial charge in [0.1, 0.15) is 24.5 Å². The van der Waals surface area contributed by atoms with Crippen molar-refractivity contribution in [2.45, 2.75) is 90.1 Å². The average Bonchev–Trinajstić information content (AvgIpc) is 2.78. The molecule has 0 aromatic carbocycles. The van der Waals surface area contributed by atoms with Crippen molar-refractivity contribution in [3.63, 3.8) is 0 Å². The number of nitrogens with two attached hydrogens (primary N) is 1. The number of nitrogens with zero attached hydrogens (tertiary/aromatic N) is 1. The van der Waals surface area contributed by atoms with Crippen LogP contribution in [0.15, 0.2) is 23.8 Å². The van der Waals surface area contributed by atoms with Gasteiger partial charge in [0.05, 0.1) is 0 Å². The zero-order valence-corrected chi connectivity index (χ0v) is 19.3. The van der Waals surface area contributed by atoms with Crippen molar-refractivity contribution in [1.29, 1.82) is 0 Å². The van der Waals surface area contributed by atoms with Gasteiger partial charge in [0.2, 0.25) is 5.79 Å². The Labute approximate surface area is 189 Å². The average molecular weight is 453 g/mol. The molecule has 2 fully saturated rings. The van der Waals surface area contributed by atoms with Crippen LogP contribution in [0, 0.1) is 5.92 Å². The highest BCUT2D eigenvalue weighted by Gasteiger charge is 2.52. The number of carbonyl (C=O) groups excluding carboxylic acids is 3. The molecule has 0 bridgehead atoms. The van der Waals surface area contributed by atoms with E-state index in [9.17, 15) is 24.6 Å². The maximum absolute atomic E-state index is 13.0. The fraction of sp³-hybridized carbons (Fsp3) is 0.696. The van der Waals surface area contributed by atoms with E-state index in [0.717, 1.165) is 10.5 Å². The number of ether oxygens (including phenoxy) is 2. The van der Waals surface area contributed by atoms with Crippen LogP contribution in [0.3, 0.4) is 0 Å². The van der Waals surface area contributed by atoms with Crippen LogP contribution in [-0.2, 0) is 23.9 Å². The van der Waals surface area contributed by atoms with Gasteiger partial charge in [0, 0.05) is 12.5 Å². The topological polar surface area (TPSA) is 139 Å². The summed E-state index contributed by atoms with van der Waals surface area (Å²) in [7, 11) is 0. The zero-order chi connectivity index (χ0) is 24.1. The molecular weight excluding hydrogens is 416 g/mol. The van der Waals surface area contributed by atoms with Crippen LogP contribution in [-0.4, -0.2) is 69.6 Å². The summed E-state index contributed by atoms with van der Waals surface area (Å²) in [6.45, 7) is 7.62. The fourth-order valence-corrected chi connectivity index (χ4v) is 4.10. The number of allylic oxidation sites excluding steroid dienone is 2. The Morgan fingerprint density at radius 3 is 2.56 bits per heavy atom. The summed E-state index contributed by atoms with van der Waals surface area (Å²) in [6, 6.07) is -0.973. The molecule has 2 aliphatic heterocycles. The van der Waals surface area contributed by atoms with E-state index in [0.29, 0.717) is 32.1 Å². The molecule has 32 heavy (non-hydrogen) atoms. The molecule has 0 aromatic heterocycles. The molecule has 2 saturated heterocycles. The van der Waals surface area contributed by atoms with Crippen molar-refractivity contribution in [3.05, 3.63) is 23.8 Å². The predicted molar refractivity (Wildman–Crippen MR) is 117 cm³/mol. The molecule has 9 nitrogen and oxygen atoms in total. The molecule has 4 N–H and O–H groups in total. The summed E-state index contributed by atoms with van der Waals surface area (Å²) in [5.41, 5.74) is 6.57. The Bertz CT molecular complexity index is 765. The van der Waals surface area contributed by atoms with Gasteiger partial charge in [-0.05, 0) is 51.2 Å². The molecule has 0 aromatic rings. The quantitative estimate of drug-likeness (QED) is 0.427. The molecule has 6 atom stereocenters. The van der Waals surface area contributed by atoms with E-state index in [1.807, 2.05) is 20.8 Å². The minimum Gasteiger partial charge on any atom is -0.453 e. The number of Topliss-reactive ketones (excluding diaryl/α,β-unsaturated/α-hetero) is 1. The SMILES string of the molecule is CC.CC1=CC(O)C(OC(=O)C2CCCCN2C(=O)C(=O)C2(O)OC(N)CCC2C)C=C1. The van der Waals surface area contributed by atoms with Gasteiger partial charge in [-0.3, -0.25) is 9.59 Å². The van der Waals surface area contributed by atoms with Crippen molar-refractivity contribution >= 4 is 17.7 Å². The van der Waals surface area contributed by atoms with E-state index in [1.54, 1.807) is 25.2 Å². The minimum absolute atomic E-state index is 0.183. The van der Waals surface area contributed by atoms with Crippen LogP contribution in [0.25, 0.3) is 0 Å². The molecule has 0 radical (unpaired) electrons. The number of likely N-dealkylation sites (tertiary alicyclic amines) is 1. The second-order valence-corrected chi connectivity index (χ2v) is 8.33. The second kappa shape index (κ2) is 11.2. The highest BCUT2D eigenvalue weighted by molar-refractivity contribution is 6.39. The van der Waals surface area contributed by atoms with Crippen LogP contribution >= 0.6 is 0 Å². The molecule has 2 heterocycles. The van der Waals surface area contributed by atoms with E-state index in [1.165, 1.54) is 0 Å². The largest absolute Gasteiger partial charge is 0.453 e. The number of aliphatic hydroxyl groups excluding tert-OH is 1. The first-order valence-corrected chi connectivity index (χ1v) is 11.4. The third-order valence-electron chi connectivity index (χ3n) is 6.01. The lowest BCUT2D eigenvalue weighted by Gasteiger charge is -2.41. The summed E-state index contributed by atoms with van der Waals surface area (Å²) in [6.07, 6.45) is 4.73. The van der Waals surface area contributed by atoms with Gasteiger partial charge < -0.3 is 30.3 Å². The Balaban J connectivity index is 0.00000176. The minimum atomic E-state index is -2.31. The normalized spacial score (nSPS) is 34.7. The van der Waals surface area contributed by atoms with Gasteiger partial charge in [0.15, 0.2) is 0 Å². The third-order valence-corrected chi connectivity index (χ3v) is 6.01. The second-order valence-electron chi connectivity index (χ2n) is 8.33. The smallest absolute Gasteiger partial charge is 0.329 e. The molecule has 0 spiro atoms. The summed E-state index contributed by atoms with van der Waals surface area (Å²) in [4.78, 5) is 39.8. The number of ketones is 1. The van der Waals surface area contributed by atoms with Crippen LogP contribution < -0.4 is 5.73 Å². The van der Waals surface area contributed by atoms with E-state index in [2.05, 4.69) is 0 Å². The van der Waals surface area contributed by atoms with E-state index in [4.69, 9.17) is 15.2 Å². The van der Waals surface area contributed by atoms with Gasteiger partial charge in [0.25, 0.3) is 11.7 Å². The molecule has 0 saturated carbocycles. The predicted octanol–water partition coefficient (Wildman–Crippen LogP) is 1.17. The number of piperidine rings is 1. The van der Waals surface area contributed by atoms with Crippen molar-refractivity contribution in [3.8, 4) is 0 Å². The van der Waals surface area contributed by atoms with Gasteiger partial charge in [-0.15, -0.1) is 0 Å². The molecule has 3 aliphatic rings. The lowest BCUT2D eigenvalue weighted by Crippen LogP contribution is -2.61. The summed E-state index contributed by atoms with van der Waals surface area (Å²) >= 11 is 0. The molecule has 1 amide bonds. The Hall–Kier alpha value is -2.07. The number of hydrogen-bond donors (Lipinski definition) is 3. The number of carbonyl (C=O) groups is 3. The highest BCUT2D eigenvalue weighted by Crippen LogP contribution is 2.33. The molecule has 180 valence electrons. The van der Waals surface area contributed by atoms with Crippen LogP contribution in [0.5, 0.6) is 0 Å². The zero-order valence-electron chi connectivity index (χ0n) is 19.3. The Morgan fingerprint density at radius 1 is 1.22 bits per heavy atom. The molecular formula is C23H36N2O7. The monoisotopic (exact) mass is 452 g/mol. The van der Waals surface area contributed by atoms with Crippen molar-refractivity contribution in [1.82, 2.24) is 4.90 Å². The lowest BCUT2D eigenvalue weighted by molar-refractivity contribution is -0.261. The first kappa shape index (κ1) is 26.2. The van der Waals surface area contributed by atoms with Crippen LogP contribution in [0.4, 0.5) is 0 Å². The third kappa shape index (κ3) is 5.64. The Morgan fingerprint density at radius 2 is 1.91 bits per heavy atom. The molecule has 9 heteroatoms. The van der Waals surface area contributed by atoms with Crippen molar-refractivity contribution in [2.24, 2.45) is 11.7 Å². The maximum atomic E-state index is 13.0. The van der Waals surface area contributed by atoms with E-state index in [-0.39, 0.29) is 6.54 Å². The first-order chi connectivity index (χ1) is 15.1. The number of esters is 1. The summed E-state index contributed by atoms with van der Waals surface area (Å²) < 4.78 is 10.7. The maximum Gasteiger partial charge on any atom is 0.329 e. The Kier molecular flexibility index (Phi) is 9.15. The molecule has 3 rings (SSSR count). The van der Waals surface area contributed by atoms with Gasteiger partial charge in [-0.25, -0.2) is 4.79 Å². The number of hydrogen-bond acceptors (Lipinski definition) is 8. The molecule has 6 unspecified atom stereocenters. The molecule has 1 aliphatic carbocycles. The number of rotatable bonds is 4. The van der Waals surface area contributed by atoms with E-state index < -0.39 is 53.8 Å². The first-order valence-electron chi connectivity index (χ1n) is 11.4. The summed E-state index contributed by atoms with van der Waals surface area (Å²) in [5.74, 6) is -5.73. The van der Waals surface area contributed by atoms with Gasteiger partial charge >= 0.3 is 5.97 Å². The van der Waals surface area contributed by atoms with Crippen LogP contribution in [0.1, 0.15) is 59.8 Å². The highest BCUT2D eigenvalue weighted by atomic mass is 16.6. The van der Waals surface area contributed by atoms with Crippen molar-refractivity contribution in [2.75, 3.05) is 6.54 Å². The van der Waals surface area contributed by atoms with Gasteiger partial charge in [-0.2, -0.15) is 0 Å². The van der Waals surface area contributed by atoms with Crippen LogP contribution in [0.2, 0.25) is 0 Å². The standard InChI is InChI=1S/C21H30N2O7.C2H6/c1-12-6-8-16(15(24)11-12)29-20(27)14-5-3-4-10-23(14)19(26)18(25)21(28)13(2)7-9-17(22)30-21;1-2/h6,8,11,13-17,24,28H,3-5,7,9-10,22H2,1-2H3;1-2H3. The summed E-state index contributed by atoms with van der Waals surface area (Å²) in [5, 5.41) is 20.9. The van der Waals surface area contributed by atoms with Crippen molar-refractivity contribution < 1.29 is 34.1 Å².